The fraction of sp³-hybridized carbons (Fsp3) is 0.364. The van der Waals surface area contributed by atoms with E-state index < -0.39 is 0 Å². The smallest absolute Gasteiger partial charge is 0.328 e. The van der Waals surface area contributed by atoms with Crippen LogP contribution in [0.4, 0.5) is 4.39 Å². The molecule has 0 radical (unpaired) electrons. The summed E-state index contributed by atoms with van der Waals surface area (Å²) in [5.41, 5.74) is 7.14. The Hall–Kier alpha value is -1.62. The highest BCUT2D eigenvalue weighted by Crippen LogP contribution is 2.17. The Bertz CT molecular complexity index is 597. The van der Waals surface area contributed by atoms with Crippen LogP contribution in [0.1, 0.15) is 5.56 Å². The van der Waals surface area contributed by atoms with E-state index in [-0.39, 0.29) is 11.5 Å². The van der Waals surface area contributed by atoms with Crippen molar-refractivity contribution in [2.24, 2.45) is 12.8 Å². The zero-order valence-corrected chi connectivity index (χ0v) is 9.33. The normalized spacial score (nSPS) is 11.2. The summed E-state index contributed by atoms with van der Waals surface area (Å²) in [6.07, 6.45) is 0. The van der Waals surface area contributed by atoms with E-state index >= 15 is 0 Å². The van der Waals surface area contributed by atoms with Crippen LogP contribution >= 0.6 is 0 Å². The average molecular weight is 223 g/mol. The van der Waals surface area contributed by atoms with Gasteiger partial charge in [-0.3, -0.25) is 9.13 Å². The molecule has 0 atom stereocenters. The van der Waals surface area contributed by atoms with Crippen LogP contribution in [-0.2, 0) is 13.6 Å². The van der Waals surface area contributed by atoms with Gasteiger partial charge in [0, 0.05) is 26.2 Å². The van der Waals surface area contributed by atoms with Gasteiger partial charge >= 0.3 is 5.69 Å². The third-order valence-electron chi connectivity index (χ3n) is 2.78. The van der Waals surface area contributed by atoms with Crippen molar-refractivity contribution in [1.29, 1.82) is 0 Å². The Morgan fingerprint density at radius 3 is 2.69 bits per heavy atom. The minimum Gasteiger partial charge on any atom is -0.329 e. The SMILES string of the molecule is Cc1cc2c(cc1F)n(CCN)c(=O)n2C. The summed E-state index contributed by atoms with van der Waals surface area (Å²) in [5.74, 6) is -0.302. The quantitative estimate of drug-likeness (QED) is 0.816. The van der Waals surface area contributed by atoms with E-state index in [9.17, 15) is 9.18 Å². The lowest BCUT2D eigenvalue weighted by molar-refractivity contribution is 0.618. The summed E-state index contributed by atoms with van der Waals surface area (Å²) in [6.45, 7) is 2.44. The molecular formula is C11H14FN3O. The van der Waals surface area contributed by atoms with Crippen LogP contribution < -0.4 is 11.4 Å². The monoisotopic (exact) mass is 223 g/mol. The number of halogens is 1. The van der Waals surface area contributed by atoms with E-state index in [1.807, 2.05) is 0 Å². The molecule has 0 spiro atoms. The van der Waals surface area contributed by atoms with Gasteiger partial charge in [-0.05, 0) is 18.6 Å². The molecule has 0 unspecified atom stereocenters. The standard InChI is InChI=1S/C11H14FN3O/c1-7-5-9-10(6-8(7)12)15(4-3-13)11(16)14(9)2/h5-6H,3-4,13H2,1-2H3. The van der Waals surface area contributed by atoms with Crippen LogP contribution in [0.15, 0.2) is 16.9 Å². The first-order valence-electron chi connectivity index (χ1n) is 5.11. The van der Waals surface area contributed by atoms with Gasteiger partial charge in [-0.2, -0.15) is 0 Å². The van der Waals surface area contributed by atoms with Crippen molar-refractivity contribution < 1.29 is 4.39 Å². The number of fused-ring (bicyclic) bond motifs is 1. The number of hydrogen-bond acceptors (Lipinski definition) is 2. The Kier molecular flexibility index (Phi) is 2.55. The average Bonchev–Trinajstić information content (AvgIpc) is 2.46. The van der Waals surface area contributed by atoms with E-state index in [0.29, 0.717) is 24.2 Å². The lowest BCUT2D eigenvalue weighted by Crippen LogP contribution is -2.25. The predicted molar refractivity (Wildman–Crippen MR) is 60.9 cm³/mol. The third kappa shape index (κ3) is 1.44. The van der Waals surface area contributed by atoms with E-state index in [2.05, 4.69) is 0 Å². The molecule has 1 heterocycles. The highest BCUT2D eigenvalue weighted by Gasteiger charge is 2.12. The molecule has 0 saturated carbocycles. The second-order valence-corrected chi connectivity index (χ2v) is 3.87. The Morgan fingerprint density at radius 1 is 1.38 bits per heavy atom. The molecule has 2 rings (SSSR count). The van der Waals surface area contributed by atoms with Gasteiger partial charge in [0.25, 0.3) is 0 Å². The van der Waals surface area contributed by atoms with Gasteiger partial charge in [0.15, 0.2) is 0 Å². The maximum atomic E-state index is 13.5. The number of hydrogen-bond donors (Lipinski definition) is 1. The van der Waals surface area contributed by atoms with Crippen LogP contribution in [0.5, 0.6) is 0 Å². The van der Waals surface area contributed by atoms with Crippen molar-refractivity contribution in [3.8, 4) is 0 Å². The summed E-state index contributed by atoms with van der Waals surface area (Å²) >= 11 is 0. The fourth-order valence-corrected chi connectivity index (χ4v) is 1.87. The maximum absolute atomic E-state index is 13.5. The number of nitrogens with zero attached hydrogens (tertiary/aromatic N) is 2. The van der Waals surface area contributed by atoms with Gasteiger partial charge in [0.05, 0.1) is 11.0 Å². The maximum Gasteiger partial charge on any atom is 0.328 e. The molecule has 1 aromatic carbocycles. The van der Waals surface area contributed by atoms with Crippen LogP contribution in [0.2, 0.25) is 0 Å². The fourth-order valence-electron chi connectivity index (χ4n) is 1.87. The molecule has 4 nitrogen and oxygen atoms in total. The van der Waals surface area contributed by atoms with Crippen LogP contribution in [0.25, 0.3) is 11.0 Å². The number of rotatable bonds is 2. The highest BCUT2D eigenvalue weighted by molar-refractivity contribution is 5.77. The summed E-state index contributed by atoms with van der Waals surface area (Å²) in [4.78, 5) is 11.8. The number of imidazole rings is 1. The topological polar surface area (TPSA) is 52.9 Å². The van der Waals surface area contributed by atoms with Crippen molar-refractivity contribution in [3.63, 3.8) is 0 Å². The molecule has 0 aliphatic rings. The highest BCUT2D eigenvalue weighted by atomic mass is 19.1. The van der Waals surface area contributed by atoms with Crippen molar-refractivity contribution in [1.82, 2.24) is 9.13 Å². The molecule has 0 amide bonds. The van der Waals surface area contributed by atoms with E-state index in [4.69, 9.17) is 5.73 Å². The van der Waals surface area contributed by atoms with Crippen molar-refractivity contribution in [3.05, 3.63) is 34.0 Å². The van der Waals surface area contributed by atoms with Crippen molar-refractivity contribution in [2.75, 3.05) is 6.54 Å². The zero-order chi connectivity index (χ0) is 11.9. The molecule has 0 saturated heterocycles. The van der Waals surface area contributed by atoms with Crippen molar-refractivity contribution >= 4 is 11.0 Å². The van der Waals surface area contributed by atoms with Crippen LogP contribution in [0, 0.1) is 12.7 Å². The Labute approximate surface area is 92.1 Å². The molecule has 86 valence electrons. The second kappa shape index (κ2) is 3.75. The first-order valence-corrected chi connectivity index (χ1v) is 5.11. The largest absolute Gasteiger partial charge is 0.329 e. The van der Waals surface area contributed by atoms with Gasteiger partial charge in [0.1, 0.15) is 5.82 Å². The summed E-state index contributed by atoms with van der Waals surface area (Å²) in [7, 11) is 1.68. The van der Waals surface area contributed by atoms with Crippen molar-refractivity contribution in [2.45, 2.75) is 13.5 Å². The number of aryl methyl sites for hydroxylation is 2. The molecule has 2 N–H and O–H groups in total. The first kappa shape index (κ1) is 10.9. The minimum atomic E-state index is -0.302. The number of aromatic nitrogens is 2. The summed E-state index contributed by atoms with van der Waals surface area (Å²) in [5, 5.41) is 0. The number of nitrogens with two attached hydrogens (primary N) is 1. The molecule has 16 heavy (non-hydrogen) atoms. The second-order valence-electron chi connectivity index (χ2n) is 3.87. The molecule has 0 fully saturated rings. The molecule has 0 bridgehead atoms. The Morgan fingerprint density at radius 2 is 2.06 bits per heavy atom. The third-order valence-corrected chi connectivity index (χ3v) is 2.78. The minimum absolute atomic E-state index is 0.162. The Balaban J connectivity index is 2.86. The molecule has 0 aliphatic heterocycles. The molecular weight excluding hydrogens is 209 g/mol. The lowest BCUT2D eigenvalue weighted by Gasteiger charge is -2.01. The van der Waals surface area contributed by atoms with Gasteiger partial charge < -0.3 is 5.73 Å². The molecule has 0 aliphatic carbocycles. The van der Waals surface area contributed by atoms with Gasteiger partial charge in [0.2, 0.25) is 0 Å². The van der Waals surface area contributed by atoms with Crippen LogP contribution in [0.3, 0.4) is 0 Å². The summed E-state index contributed by atoms with van der Waals surface area (Å²) in [6, 6.07) is 3.07. The molecule has 2 aromatic rings. The first-order chi connectivity index (χ1) is 7.56. The van der Waals surface area contributed by atoms with Gasteiger partial charge in [-0.1, -0.05) is 0 Å². The van der Waals surface area contributed by atoms with E-state index in [0.717, 1.165) is 5.52 Å². The lowest BCUT2D eigenvalue weighted by atomic mass is 10.2. The van der Waals surface area contributed by atoms with E-state index in [1.54, 1.807) is 20.0 Å². The van der Waals surface area contributed by atoms with E-state index in [1.165, 1.54) is 15.2 Å². The van der Waals surface area contributed by atoms with Crippen LogP contribution in [-0.4, -0.2) is 15.7 Å². The van der Waals surface area contributed by atoms with Gasteiger partial charge in [-0.25, -0.2) is 9.18 Å². The predicted octanol–water partition coefficient (Wildman–Crippen LogP) is 0.746. The van der Waals surface area contributed by atoms with Gasteiger partial charge in [-0.15, -0.1) is 0 Å². The number of benzene rings is 1. The zero-order valence-electron chi connectivity index (χ0n) is 9.33. The summed E-state index contributed by atoms with van der Waals surface area (Å²) < 4.78 is 16.5. The molecule has 1 aromatic heterocycles. The molecule has 5 heteroatoms.